The summed E-state index contributed by atoms with van der Waals surface area (Å²) in [6.45, 7) is 2.95. The largest absolute Gasteiger partial charge is 0.484 e. The topological polar surface area (TPSA) is 172 Å². The number of carboxylic acids is 1. The molecule has 3 aromatic rings. The van der Waals surface area contributed by atoms with Crippen LogP contribution in [-0.4, -0.2) is 106 Å². The van der Waals surface area contributed by atoms with Gasteiger partial charge in [-0.1, -0.05) is 41.4 Å². The number of hydrogen-bond donors (Lipinski definition) is 4. The number of nitrogens with one attached hydrogen (secondary N) is 3. The van der Waals surface area contributed by atoms with Gasteiger partial charge in [0.1, 0.15) is 46.0 Å². The second kappa shape index (κ2) is 17.4. The van der Waals surface area contributed by atoms with Gasteiger partial charge in [-0.25, -0.2) is 4.79 Å². The van der Waals surface area contributed by atoms with Crippen molar-refractivity contribution in [1.29, 1.82) is 0 Å². The van der Waals surface area contributed by atoms with E-state index in [2.05, 4.69) is 30.6 Å². The number of aryl methyl sites for hydroxylation is 1. The maximum Gasteiger partial charge on any atom is 0.422 e. The number of amides is 3. The van der Waals surface area contributed by atoms with Crippen molar-refractivity contribution in [3.63, 3.8) is 0 Å². The highest BCUT2D eigenvalue weighted by Crippen LogP contribution is 2.51. The Kier molecular flexibility index (Phi) is 13.3. The van der Waals surface area contributed by atoms with Crippen molar-refractivity contribution < 1.29 is 64.6 Å². The summed E-state index contributed by atoms with van der Waals surface area (Å²) in [5.74, 6) is -3.16. The molecule has 21 heteroatoms. The van der Waals surface area contributed by atoms with Crippen molar-refractivity contribution in [2.75, 3.05) is 26.3 Å². The number of alkyl halides is 6. The smallest absolute Gasteiger partial charge is 0.422 e. The Morgan fingerprint density at radius 3 is 2.37 bits per heavy atom. The standard InChI is InChI=1S/C19H18ClN3O5S.C17H20F6N2O3/c1-8-11(12(22-28-8)9-6-4-5-7-10(9)20)15(24)21-13-16(25)23-14(18(26)27)19(2,3)29-17(13)23;18-16(19,20)9-27-12-4-5-14(28-10-17(21,22)23)13(7-12)15(26)25-8-11-3-1-2-6-24-11/h4-7,13-14,17H,1-3H3,(H,21,24)(H,26,27);4-5,7,11,24H,1-3,6,8-10H2,(H,25,26)/t13-,14+,17-;/m1./s1. The van der Waals surface area contributed by atoms with Gasteiger partial charge in [-0.05, 0) is 64.4 Å². The predicted octanol–water partition coefficient (Wildman–Crippen LogP) is 5.99. The van der Waals surface area contributed by atoms with Gasteiger partial charge in [0.25, 0.3) is 11.8 Å². The zero-order chi connectivity index (χ0) is 41.9. The number of aliphatic carboxylic acids is 1. The fourth-order valence-corrected chi connectivity index (χ4v) is 8.32. The van der Waals surface area contributed by atoms with E-state index in [1.54, 1.807) is 45.0 Å². The first-order valence-corrected chi connectivity index (χ1v) is 18.7. The second-order valence-electron chi connectivity index (χ2n) is 13.8. The Bertz CT molecular complexity index is 1970. The van der Waals surface area contributed by atoms with Gasteiger partial charge in [0.05, 0.1) is 10.6 Å². The molecule has 13 nitrogen and oxygen atoms in total. The number of fused-ring (bicyclic) bond motifs is 1. The molecule has 3 aliphatic heterocycles. The Balaban J connectivity index is 0.000000218. The first-order valence-electron chi connectivity index (χ1n) is 17.5. The predicted molar refractivity (Wildman–Crippen MR) is 194 cm³/mol. The molecule has 3 fully saturated rings. The minimum absolute atomic E-state index is 0.0157. The van der Waals surface area contributed by atoms with Crippen LogP contribution in [0.2, 0.25) is 5.02 Å². The molecule has 4 N–H and O–H groups in total. The van der Waals surface area contributed by atoms with Gasteiger partial charge >= 0.3 is 18.3 Å². The molecule has 0 aliphatic carbocycles. The molecule has 0 spiro atoms. The molecule has 57 heavy (non-hydrogen) atoms. The van der Waals surface area contributed by atoms with Gasteiger partial charge in [0, 0.05) is 22.9 Å². The maximum atomic E-state index is 13.0. The lowest BCUT2D eigenvalue weighted by Crippen LogP contribution is -2.70. The van der Waals surface area contributed by atoms with Crippen molar-refractivity contribution in [2.24, 2.45) is 0 Å². The highest BCUT2D eigenvalue weighted by Gasteiger charge is 2.64. The number of carboxylic acid groups (broad SMARTS) is 1. The highest BCUT2D eigenvalue weighted by atomic mass is 35.5. The molecular weight excluding hydrogens is 812 g/mol. The number of rotatable bonds is 11. The summed E-state index contributed by atoms with van der Waals surface area (Å²) in [4.78, 5) is 51.0. The number of halogens is 7. The van der Waals surface area contributed by atoms with E-state index >= 15 is 0 Å². The van der Waals surface area contributed by atoms with Crippen LogP contribution in [0.5, 0.6) is 11.5 Å². The van der Waals surface area contributed by atoms with Crippen LogP contribution in [0.15, 0.2) is 47.0 Å². The number of hydrogen-bond acceptors (Lipinski definition) is 10. The van der Waals surface area contributed by atoms with E-state index in [1.165, 1.54) is 16.7 Å². The molecule has 2 aromatic carbocycles. The number of benzene rings is 2. The zero-order valence-electron chi connectivity index (χ0n) is 30.6. The molecule has 0 radical (unpaired) electrons. The lowest BCUT2D eigenvalue weighted by molar-refractivity contribution is -0.159. The van der Waals surface area contributed by atoms with Crippen LogP contribution in [0.1, 0.15) is 59.6 Å². The van der Waals surface area contributed by atoms with E-state index in [1.807, 2.05) is 0 Å². The van der Waals surface area contributed by atoms with Crippen molar-refractivity contribution in [3.8, 4) is 22.8 Å². The number of thioether (sulfide) groups is 1. The third kappa shape index (κ3) is 10.6. The molecule has 4 heterocycles. The number of carbonyl (C=O) groups excluding carboxylic acids is 3. The third-order valence-corrected chi connectivity index (χ3v) is 11.0. The highest BCUT2D eigenvalue weighted by molar-refractivity contribution is 8.01. The molecule has 0 saturated carbocycles. The Labute approximate surface area is 331 Å². The summed E-state index contributed by atoms with van der Waals surface area (Å²) in [5, 5.41) is 21.9. The fraction of sp³-hybridized carbons (Fsp3) is 0.472. The molecule has 310 valence electrons. The number of ether oxygens (including phenoxy) is 2. The molecule has 6 rings (SSSR count). The van der Waals surface area contributed by atoms with Gasteiger partial charge in [-0.15, -0.1) is 11.8 Å². The van der Waals surface area contributed by atoms with Crippen LogP contribution in [0, 0.1) is 6.92 Å². The van der Waals surface area contributed by atoms with Crippen molar-refractivity contribution in [2.45, 2.75) is 80.6 Å². The van der Waals surface area contributed by atoms with Gasteiger partial charge in [-0.3, -0.25) is 14.4 Å². The average Bonchev–Trinajstić information content (AvgIpc) is 3.65. The summed E-state index contributed by atoms with van der Waals surface area (Å²) >= 11 is 7.59. The number of piperidine rings is 1. The quantitative estimate of drug-likeness (QED) is 0.132. The summed E-state index contributed by atoms with van der Waals surface area (Å²) in [6.07, 6.45) is -6.41. The van der Waals surface area contributed by atoms with Gasteiger partial charge in [-0.2, -0.15) is 26.3 Å². The fourth-order valence-electron chi connectivity index (χ4n) is 6.47. The minimum atomic E-state index is -4.63. The monoisotopic (exact) mass is 849 g/mol. The SMILES string of the molecule is Cc1onc(-c2ccccc2Cl)c1C(=O)N[C@@H]1C(=O)N2[C@@H]1SC(C)(C)[C@@H]2C(=O)O.O=C(NCC1CCCCN1)c1cc(OCC(F)(F)F)ccc1OCC(F)(F)F. The van der Waals surface area contributed by atoms with Crippen LogP contribution >= 0.6 is 23.4 Å². The number of aromatic nitrogens is 1. The lowest BCUT2D eigenvalue weighted by Gasteiger charge is -2.43. The summed E-state index contributed by atoms with van der Waals surface area (Å²) in [5.41, 5.74) is 0.693. The Morgan fingerprint density at radius 2 is 1.74 bits per heavy atom. The number of nitrogens with zero attached hydrogens (tertiary/aromatic N) is 2. The first-order chi connectivity index (χ1) is 26.7. The second-order valence-corrected chi connectivity index (χ2v) is 16.0. The van der Waals surface area contributed by atoms with Gasteiger partial charge in [0.15, 0.2) is 13.2 Å². The van der Waals surface area contributed by atoms with E-state index in [4.69, 9.17) is 16.1 Å². The molecule has 3 amide bonds. The summed E-state index contributed by atoms with van der Waals surface area (Å²) < 4.78 is 87.9. The molecule has 1 unspecified atom stereocenters. The van der Waals surface area contributed by atoms with Crippen molar-refractivity contribution in [3.05, 3.63) is 64.4 Å². The average molecular weight is 850 g/mol. The lowest BCUT2D eigenvalue weighted by atomic mass is 9.95. The molecule has 3 saturated heterocycles. The minimum Gasteiger partial charge on any atom is -0.484 e. The zero-order valence-corrected chi connectivity index (χ0v) is 32.1. The summed E-state index contributed by atoms with van der Waals surface area (Å²) in [7, 11) is 0. The van der Waals surface area contributed by atoms with Gasteiger partial charge < -0.3 is 40.0 Å². The normalized spacial score (nSPS) is 21.4. The third-order valence-electron chi connectivity index (χ3n) is 9.09. The van der Waals surface area contributed by atoms with Crippen LogP contribution in [0.3, 0.4) is 0 Å². The van der Waals surface area contributed by atoms with E-state index in [0.717, 1.165) is 44.0 Å². The maximum absolute atomic E-state index is 13.0. The molecule has 0 bridgehead atoms. The number of carbonyl (C=O) groups is 4. The van der Waals surface area contributed by atoms with Crippen molar-refractivity contribution >= 4 is 47.1 Å². The van der Waals surface area contributed by atoms with E-state index in [9.17, 15) is 50.6 Å². The molecular formula is C36H38ClF6N5O8S. The van der Waals surface area contributed by atoms with E-state index < -0.39 is 77.2 Å². The summed E-state index contributed by atoms with van der Waals surface area (Å²) in [6, 6.07) is 8.12. The van der Waals surface area contributed by atoms with Gasteiger partial charge in [0.2, 0.25) is 5.91 Å². The van der Waals surface area contributed by atoms with E-state index in [0.29, 0.717) is 16.3 Å². The van der Waals surface area contributed by atoms with Crippen molar-refractivity contribution in [1.82, 2.24) is 26.0 Å². The molecule has 4 atom stereocenters. The Hall–Kier alpha value is -4.69. The van der Waals surface area contributed by atoms with Crippen LogP contribution in [0.25, 0.3) is 11.3 Å². The first kappa shape index (κ1) is 43.4. The Morgan fingerprint density at radius 1 is 1.05 bits per heavy atom. The van der Waals surface area contributed by atoms with Crippen LogP contribution < -0.4 is 25.4 Å². The molecule has 3 aliphatic rings. The molecule has 1 aromatic heterocycles. The van der Waals surface area contributed by atoms with Crippen LogP contribution in [-0.2, 0) is 9.59 Å². The number of β-lactam (4-membered cyclic amide) rings is 1. The van der Waals surface area contributed by atoms with E-state index in [-0.39, 0.29) is 35.2 Å². The van der Waals surface area contributed by atoms with Crippen LogP contribution in [0.4, 0.5) is 26.3 Å².